The highest BCUT2D eigenvalue weighted by Crippen LogP contribution is 2.28. The van der Waals surface area contributed by atoms with Crippen molar-refractivity contribution in [3.63, 3.8) is 0 Å². The summed E-state index contributed by atoms with van der Waals surface area (Å²) in [5, 5.41) is 3.24. The van der Waals surface area contributed by atoms with Gasteiger partial charge in [-0.1, -0.05) is 0 Å². The highest BCUT2D eigenvalue weighted by atomic mass is 32.1. The maximum Gasteiger partial charge on any atom is 0.266 e. The zero-order valence-electron chi connectivity index (χ0n) is 15.8. The predicted octanol–water partition coefficient (Wildman–Crippen LogP) is 2.30. The summed E-state index contributed by atoms with van der Waals surface area (Å²) in [5.74, 6) is -0.865. The molecule has 3 aromatic rings. The molecule has 29 heavy (non-hydrogen) atoms. The van der Waals surface area contributed by atoms with Gasteiger partial charge in [0.2, 0.25) is 5.91 Å². The van der Waals surface area contributed by atoms with Gasteiger partial charge in [0.25, 0.3) is 11.5 Å². The SMILES string of the molecule is Cc1c(C(=O)Nc2ccc(C(N)=O)cc2)sc2ncn(C[C@H]3CCCO3)c(=O)c12. The van der Waals surface area contributed by atoms with E-state index in [1.165, 1.54) is 17.7 Å². The number of hydrogen-bond donors (Lipinski definition) is 2. The second-order valence-corrected chi connectivity index (χ2v) is 7.97. The van der Waals surface area contributed by atoms with E-state index in [1.807, 2.05) is 0 Å². The Balaban J connectivity index is 1.61. The third kappa shape index (κ3) is 3.79. The maximum atomic E-state index is 12.9. The minimum absolute atomic E-state index is 0.0250. The van der Waals surface area contributed by atoms with Crippen molar-refractivity contribution < 1.29 is 14.3 Å². The Bertz CT molecular complexity index is 1140. The number of nitrogens with two attached hydrogens (primary N) is 1. The van der Waals surface area contributed by atoms with Crippen LogP contribution in [0.25, 0.3) is 10.2 Å². The van der Waals surface area contributed by atoms with Crippen LogP contribution >= 0.6 is 11.3 Å². The minimum Gasteiger partial charge on any atom is -0.376 e. The molecule has 4 rings (SSSR count). The van der Waals surface area contributed by atoms with Crippen LogP contribution in [0.1, 0.15) is 38.4 Å². The van der Waals surface area contributed by atoms with Crippen molar-refractivity contribution in [3.8, 4) is 0 Å². The molecule has 2 amide bonds. The Kier molecular flexibility index (Phi) is 5.16. The minimum atomic E-state index is -0.534. The predicted molar refractivity (Wildman–Crippen MR) is 111 cm³/mol. The van der Waals surface area contributed by atoms with Crippen LogP contribution in [-0.4, -0.2) is 34.1 Å². The molecular formula is C20H20N4O4S. The Morgan fingerprint density at radius 2 is 2.10 bits per heavy atom. The van der Waals surface area contributed by atoms with Gasteiger partial charge in [0.05, 0.1) is 29.2 Å². The van der Waals surface area contributed by atoms with Gasteiger partial charge < -0.3 is 15.8 Å². The van der Waals surface area contributed by atoms with Crippen LogP contribution < -0.4 is 16.6 Å². The first-order valence-corrected chi connectivity index (χ1v) is 10.1. The van der Waals surface area contributed by atoms with Crippen molar-refractivity contribution in [2.45, 2.75) is 32.4 Å². The van der Waals surface area contributed by atoms with E-state index in [9.17, 15) is 14.4 Å². The van der Waals surface area contributed by atoms with Gasteiger partial charge >= 0.3 is 0 Å². The van der Waals surface area contributed by atoms with Crippen molar-refractivity contribution in [2.24, 2.45) is 5.73 Å². The van der Waals surface area contributed by atoms with Crippen molar-refractivity contribution in [1.29, 1.82) is 0 Å². The van der Waals surface area contributed by atoms with Crippen molar-refractivity contribution in [2.75, 3.05) is 11.9 Å². The Labute approximate surface area is 170 Å². The molecule has 0 unspecified atom stereocenters. The molecule has 1 saturated heterocycles. The Hall–Kier alpha value is -3.04. The van der Waals surface area contributed by atoms with Gasteiger partial charge in [-0.25, -0.2) is 4.98 Å². The standard InChI is InChI=1S/C20H20N4O4S/c1-11-15-19(22-10-24(20(15)27)9-14-3-2-8-28-14)29-16(11)18(26)23-13-6-4-12(5-7-13)17(21)25/h4-7,10,14H,2-3,8-9H2,1H3,(H2,21,25)(H,23,26)/t14-/m1/s1. The molecule has 0 aliphatic carbocycles. The first-order chi connectivity index (χ1) is 13.9. The van der Waals surface area contributed by atoms with Crippen LogP contribution in [-0.2, 0) is 11.3 Å². The number of carbonyl (C=O) groups excluding carboxylic acids is 2. The first kappa shape index (κ1) is 19.3. The van der Waals surface area contributed by atoms with Crippen LogP contribution in [0.3, 0.4) is 0 Å². The van der Waals surface area contributed by atoms with E-state index in [4.69, 9.17) is 10.5 Å². The van der Waals surface area contributed by atoms with Crippen molar-refractivity contribution in [1.82, 2.24) is 9.55 Å². The summed E-state index contributed by atoms with van der Waals surface area (Å²) >= 11 is 1.18. The quantitative estimate of drug-likeness (QED) is 0.667. The summed E-state index contributed by atoms with van der Waals surface area (Å²) in [6.07, 6.45) is 3.47. The number of rotatable bonds is 5. The summed E-state index contributed by atoms with van der Waals surface area (Å²) in [6.45, 7) is 2.94. The average Bonchev–Trinajstić information content (AvgIpc) is 3.32. The molecule has 0 spiro atoms. The largest absolute Gasteiger partial charge is 0.376 e. The molecule has 1 aliphatic rings. The molecule has 1 fully saturated rings. The normalized spacial score (nSPS) is 16.2. The van der Waals surface area contributed by atoms with Crippen LogP contribution in [0.15, 0.2) is 35.4 Å². The van der Waals surface area contributed by atoms with Crippen LogP contribution in [0.2, 0.25) is 0 Å². The second-order valence-electron chi connectivity index (χ2n) is 6.97. The third-order valence-corrected chi connectivity index (χ3v) is 6.17. The molecule has 0 bridgehead atoms. The molecule has 1 aromatic carbocycles. The number of aryl methyl sites for hydroxylation is 1. The Morgan fingerprint density at radius 3 is 2.76 bits per heavy atom. The van der Waals surface area contributed by atoms with E-state index in [0.717, 1.165) is 19.4 Å². The lowest BCUT2D eigenvalue weighted by molar-refractivity contribution is 0.0960. The smallest absolute Gasteiger partial charge is 0.266 e. The number of thiophene rings is 1. The summed E-state index contributed by atoms with van der Waals surface area (Å²) in [4.78, 5) is 42.2. The van der Waals surface area contributed by atoms with Gasteiger partial charge in [-0.15, -0.1) is 11.3 Å². The lowest BCUT2D eigenvalue weighted by atomic mass is 10.2. The van der Waals surface area contributed by atoms with Crippen molar-refractivity contribution in [3.05, 3.63) is 57.0 Å². The van der Waals surface area contributed by atoms with Gasteiger partial charge in [-0.05, 0) is 49.6 Å². The van der Waals surface area contributed by atoms with Gasteiger partial charge in [0.15, 0.2) is 0 Å². The highest BCUT2D eigenvalue weighted by molar-refractivity contribution is 7.20. The molecule has 0 radical (unpaired) electrons. The second kappa shape index (κ2) is 7.76. The molecular weight excluding hydrogens is 392 g/mol. The number of anilines is 1. The molecule has 3 N–H and O–H groups in total. The molecule has 150 valence electrons. The topological polar surface area (TPSA) is 116 Å². The number of carbonyl (C=O) groups is 2. The van der Waals surface area contributed by atoms with Gasteiger partial charge in [-0.2, -0.15) is 0 Å². The monoisotopic (exact) mass is 412 g/mol. The molecule has 2 aromatic heterocycles. The molecule has 3 heterocycles. The third-order valence-electron chi connectivity index (χ3n) is 4.98. The zero-order chi connectivity index (χ0) is 20.5. The number of nitrogens with one attached hydrogen (secondary N) is 1. The van der Waals surface area contributed by atoms with E-state index in [1.54, 1.807) is 35.8 Å². The van der Waals surface area contributed by atoms with Crippen LogP contribution in [0.4, 0.5) is 5.69 Å². The summed E-state index contributed by atoms with van der Waals surface area (Å²) in [6, 6.07) is 6.29. The van der Waals surface area contributed by atoms with E-state index in [2.05, 4.69) is 10.3 Å². The number of aromatic nitrogens is 2. The first-order valence-electron chi connectivity index (χ1n) is 9.25. The van der Waals surface area contributed by atoms with Gasteiger partial charge in [-0.3, -0.25) is 19.0 Å². The Morgan fingerprint density at radius 1 is 1.34 bits per heavy atom. The number of benzene rings is 1. The number of ether oxygens (including phenoxy) is 1. The summed E-state index contributed by atoms with van der Waals surface area (Å²) < 4.78 is 7.17. The number of nitrogens with zero attached hydrogens (tertiary/aromatic N) is 2. The van der Waals surface area contributed by atoms with E-state index < -0.39 is 5.91 Å². The molecule has 8 nitrogen and oxygen atoms in total. The fraction of sp³-hybridized carbons (Fsp3) is 0.300. The molecule has 1 atom stereocenters. The van der Waals surface area contributed by atoms with Gasteiger partial charge in [0, 0.05) is 17.9 Å². The number of hydrogen-bond acceptors (Lipinski definition) is 6. The van der Waals surface area contributed by atoms with E-state index in [-0.39, 0.29) is 17.6 Å². The van der Waals surface area contributed by atoms with Crippen molar-refractivity contribution >= 4 is 39.1 Å². The number of primary amides is 1. The number of fused-ring (bicyclic) bond motifs is 1. The maximum absolute atomic E-state index is 12.9. The lowest BCUT2D eigenvalue weighted by Crippen LogP contribution is -2.26. The van der Waals surface area contributed by atoms with E-state index in [0.29, 0.717) is 38.5 Å². The molecule has 0 saturated carbocycles. The van der Waals surface area contributed by atoms with Crippen LogP contribution in [0, 0.1) is 6.92 Å². The number of amides is 2. The summed E-state index contributed by atoms with van der Waals surface area (Å²) in [5.41, 5.74) is 6.56. The molecule has 9 heteroatoms. The van der Waals surface area contributed by atoms with Crippen LogP contribution in [0.5, 0.6) is 0 Å². The molecule has 1 aliphatic heterocycles. The zero-order valence-corrected chi connectivity index (χ0v) is 16.6. The summed E-state index contributed by atoms with van der Waals surface area (Å²) in [7, 11) is 0. The lowest BCUT2D eigenvalue weighted by Gasteiger charge is -2.11. The fourth-order valence-corrected chi connectivity index (χ4v) is 4.45. The van der Waals surface area contributed by atoms with E-state index >= 15 is 0 Å². The fourth-order valence-electron chi connectivity index (χ4n) is 3.42. The highest BCUT2D eigenvalue weighted by Gasteiger charge is 2.22. The average molecular weight is 412 g/mol. The van der Waals surface area contributed by atoms with Gasteiger partial charge in [0.1, 0.15) is 4.83 Å².